The van der Waals surface area contributed by atoms with Gasteiger partial charge in [0.25, 0.3) is 0 Å². The molecule has 2 N–H and O–H groups in total. The van der Waals surface area contributed by atoms with Crippen molar-refractivity contribution in [3.63, 3.8) is 0 Å². The Labute approximate surface area is 161 Å². The molecular formula is C20H22F3NO4. The van der Waals surface area contributed by atoms with E-state index in [1.807, 2.05) is 0 Å². The number of ether oxygens (including phenoxy) is 2. The van der Waals surface area contributed by atoms with Gasteiger partial charge in [0.1, 0.15) is 25.1 Å². The quantitative estimate of drug-likeness (QED) is 0.636. The van der Waals surface area contributed by atoms with Crippen molar-refractivity contribution in [2.24, 2.45) is 0 Å². The summed E-state index contributed by atoms with van der Waals surface area (Å²) in [7, 11) is 0. The van der Waals surface area contributed by atoms with Crippen LogP contribution in [0.1, 0.15) is 23.6 Å². The normalized spacial score (nSPS) is 12.5. The first-order valence-electron chi connectivity index (χ1n) is 8.64. The molecular weight excluding hydrogens is 375 g/mol. The summed E-state index contributed by atoms with van der Waals surface area (Å²) in [5.41, 5.74) is 0.660. The molecule has 0 fully saturated rings. The van der Waals surface area contributed by atoms with Crippen LogP contribution in [0.25, 0.3) is 0 Å². The van der Waals surface area contributed by atoms with Gasteiger partial charge in [0.2, 0.25) is 0 Å². The van der Waals surface area contributed by atoms with Crippen LogP contribution < -0.4 is 10.1 Å². The lowest BCUT2D eigenvalue weighted by atomic mass is 10.1. The smallest absolute Gasteiger partial charge is 0.416 e. The number of esters is 1. The summed E-state index contributed by atoms with van der Waals surface area (Å²) in [6.45, 7) is 1.92. The molecule has 0 radical (unpaired) electrons. The minimum atomic E-state index is -4.36. The Morgan fingerprint density at radius 3 is 2.46 bits per heavy atom. The maximum absolute atomic E-state index is 12.5. The maximum Gasteiger partial charge on any atom is 0.416 e. The van der Waals surface area contributed by atoms with E-state index in [1.165, 1.54) is 19.1 Å². The third-order valence-electron chi connectivity index (χ3n) is 3.83. The molecule has 8 heteroatoms. The predicted molar refractivity (Wildman–Crippen MR) is 96.6 cm³/mol. The predicted octanol–water partition coefficient (Wildman–Crippen LogP) is 3.30. The van der Waals surface area contributed by atoms with Gasteiger partial charge in [0.05, 0.1) is 5.56 Å². The van der Waals surface area contributed by atoms with Crippen LogP contribution in [0.2, 0.25) is 0 Å². The lowest BCUT2D eigenvalue weighted by Crippen LogP contribution is -2.31. The molecule has 152 valence electrons. The fraction of sp³-hybridized carbons (Fsp3) is 0.350. The molecule has 0 saturated heterocycles. The van der Waals surface area contributed by atoms with Gasteiger partial charge in [-0.05, 0) is 23.8 Å². The molecule has 0 aromatic heterocycles. The van der Waals surface area contributed by atoms with Gasteiger partial charge in [-0.2, -0.15) is 13.2 Å². The van der Waals surface area contributed by atoms with Crippen LogP contribution in [-0.2, 0) is 28.9 Å². The van der Waals surface area contributed by atoms with Gasteiger partial charge in [-0.3, -0.25) is 4.79 Å². The fourth-order valence-corrected chi connectivity index (χ4v) is 2.38. The SMILES string of the molecule is CC(=O)OCc1ccccc1OCC(O)CNCc1ccc(C(F)(F)F)cc1. The highest BCUT2D eigenvalue weighted by molar-refractivity contribution is 5.66. The summed E-state index contributed by atoms with van der Waals surface area (Å²) in [6.07, 6.45) is -5.18. The lowest BCUT2D eigenvalue weighted by Gasteiger charge is -2.16. The fourth-order valence-electron chi connectivity index (χ4n) is 2.38. The summed E-state index contributed by atoms with van der Waals surface area (Å²) >= 11 is 0. The van der Waals surface area contributed by atoms with E-state index in [9.17, 15) is 23.1 Å². The van der Waals surface area contributed by atoms with Crippen molar-refractivity contribution >= 4 is 5.97 Å². The molecule has 5 nitrogen and oxygen atoms in total. The van der Waals surface area contributed by atoms with Crippen LogP contribution in [0.3, 0.4) is 0 Å². The molecule has 1 unspecified atom stereocenters. The average molecular weight is 397 g/mol. The van der Waals surface area contributed by atoms with Gasteiger partial charge < -0.3 is 19.9 Å². The minimum Gasteiger partial charge on any atom is -0.490 e. The zero-order chi connectivity index (χ0) is 20.6. The van der Waals surface area contributed by atoms with Gasteiger partial charge >= 0.3 is 12.1 Å². The van der Waals surface area contributed by atoms with Gasteiger partial charge in [-0.15, -0.1) is 0 Å². The highest BCUT2D eigenvalue weighted by Gasteiger charge is 2.29. The van der Waals surface area contributed by atoms with E-state index in [2.05, 4.69) is 5.32 Å². The zero-order valence-corrected chi connectivity index (χ0v) is 15.3. The van der Waals surface area contributed by atoms with Gasteiger partial charge in [-0.25, -0.2) is 0 Å². The van der Waals surface area contributed by atoms with E-state index >= 15 is 0 Å². The number of alkyl halides is 3. The number of aliphatic hydroxyl groups is 1. The van der Waals surface area contributed by atoms with Crippen LogP contribution in [-0.4, -0.2) is 30.3 Å². The highest BCUT2D eigenvalue weighted by atomic mass is 19.4. The standard InChI is InChI=1S/C20H22F3NO4/c1-14(25)27-12-16-4-2-3-5-19(16)28-13-18(26)11-24-10-15-6-8-17(9-7-15)20(21,22)23/h2-9,18,24,26H,10-13H2,1H3. The van der Waals surface area contributed by atoms with E-state index in [0.717, 1.165) is 12.1 Å². The summed E-state index contributed by atoms with van der Waals surface area (Å²) in [5.74, 6) is 0.104. The number of carbonyl (C=O) groups excluding carboxylic acids is 1. The molecule has 0 heterocycles. The third kappa shape index (κ3) is 7.21. The Morgan fingerprint density at radius 1 is 1.14 bits per heavy atom. The minimum absolute atomic E-state index is 0.0110. The number of hydrogen-bond acceptors (Lipinski definition) is 5. The van der Waals surface area contributed by atoms with Crippen LogP contribution in [0.5, 0.6) is 5.75 Å². The van der Waals surface area contributed by atoms with Gasteiger partial charge in [0.15, 0.2) is 0 Å². The number of aliphatic hydroxyl groups excluding tert-OH is 1. The van der Waals surface area contributed by atoms with E-state index < -0.39 is 23.8 Å². The summed E-state index contributed by atoms with van der Waals surface area (Å²) in [5, 5.41) is 13.0. The second kappa shape index (κ2) is 10.1. The first-order chi connectivity index (χ1) is 13.3. The zero-order valence-electron chi connectivity index (χ0n) is 15.3. The second-order valence-corrected chi connectivity index (χ2v) is 6.18. The van der Waals surface area contributed by atoms with E-state index in [4.69, 9.17) is 9.47 Å². The number of halogens is 3. The van der Waals surface area contributed by atoms with E-state index in [0.29, 0.717) is 23.4 Å². The van der Waals surface area contributed by atoms with E-state index in [-0.39, 0.29) is 19.8 Å². The number of benzene rings is 2. The average Bonchev–Trinajstić information content (AvgIpc) is 2.65. The molecule has 28 heavy (non-hydrogen) atoms. The van der Waals surface area contributed by atoms with Gasteiger partial charge in [-0.1, -0.05) is 30.3 Å². The number of rotatable bonds is 9. The first-order valence-corrected chi connectivity index (χ1v) is 8.64. The molecule has 0 bridgehead atoms. The molecule has 0 aliphatic carbocycles. The Balaban J connectivity index is 1.76. The molecule has 1 atom stereocenters. The number of nitrogens with one attached hydrogen (secondary N) is 1. The Morgan fingerprint density at radius 2 is 1.82 bits per heavy atom. The van der Waals surface area contributed by atoms with Crippen molar-refractivity contribution in [3.05, 3.63) is 65.2 Å². The Bertz CT molecular complexity index is 763. The van der Waals surface area contributed by atoms with Crippen molar-refractivity contribution in [1.82, 2.24) is 5.32 Å². The summed E-state index contributed by atoms with van der Waals surface area (Å²) in [4.78, 5) is 10.9. The topological polar surface area (TPSA) is 67.8 Å². The Hall–Kier alpha value is -2.58. The number of carbonyl (C=O) groups is 1. The Kier molecular flexibility index (Phi) is 7.83. The molecule has 0 saturated carbocycles. The molecule has 0 spiro atoms. The second-order valence-electron chi connectivity index (χ2n) is 6.18. The van der Waals surface area contributed by atoms with Crippen LogP contribution >= 0.6 is 0 Å². The lowest BCUT2D eigenvalue weighted by molar-refractivity contribution is -0.142. The van der Waals surface area contributed by atoms with Crippen molar-refractivity contribution in [1.29, 1.82) is 0 Å². The number of hydrogen-bond donors (Lipinski definition) is 2. The van der Waals surface area contributed by atoms with Crippen LogP contribution in [0.15, 0.2) is 48.5 Å². The van der Waals surface area contributed by atoms with E-state index in [1.54, 1.807) is 24.3 Å². The molecule has 0 aliphatic rings. The molecule has 2 aromatic carbocycles. The van der Waals surface area contributed by atoms with Crippen molar-refractivity contribution in [2.75, 3.05) is 13.2 Å². The molecule has 0 amide bonds. The first kappa shape index (κ1) is 21.7. The van der Waals surface area contributed by atoms with Crippen molar-refractivity contribution < 1.29 is 32.5 Å². The van der Waals surface area contributed by atoms with Crippen LogP contribution in [0.4, 0.5) is 13.2 Å². The molecule has 2 aromatic rings. The highest BCUT2D eigenvalue weighted by Crippen LogP contribution is 2.29. The maximum atomic E-state index is 12.5. The monoisotopic (exact) mass is 397 g/mol. The summed E-state index contributed by atoms with van der Waals surface area (Å²) < 4.78 is 48.1. The van der Waals surface area contributed by atoms with Gasteiger partial charge in [0, 0.05) is 25.6 Å². The third-order valence-corrected chi connectivity index (χ3v) is 3.83. The largest absolute Gasteiger partial charge is 0.490 e. The van der Waals surface area contributed by atoms with Crippen LogP contribution in [0, 0.1) is 0 Å². The van der Waals surface area contributed by atoms with Crippen molar-refractivity contribution in [3.8, 4) is 5.75 Å². The number of para-hydroxylation sites is 1. The van der Waals surface area contributed by atoms with Crippen molar-refractivity contribution in [2.45, 2.75) is 32.4 Å². The molecule has 2 rings (SSSR count). The molecule has 0 aliphatic heterocycles. The summed E-state index contributed by atoms with van der Waals surface area (Å²) in [6, 6.07) is 11.9.